The van der Waals surface area contributed by atoms with E-state index in [1.54, 1.807) is 6.07 Å². The van der Waals surface area contributed by atoms with Crippen LogP contribution in [0, 0.1) is 0 Å². The topological polar surface area (TPSA) is 46.5 Å². The van der Waals surface area contributed by atoms with Gasteiger partial charge < -0.3 is 9.84 Å². The van der Waals surface area contributed by atoms with Crippen molar-refractivity contribution >= 4 is 11.5 Å². The summed E-state index contributed by atoms with van der Waals surface area (Å²) in [5.74, 6) is -0.345. The van der Waals surface area contributed by atoms with Crippen molar-refractivity contribution in [3.05, 3.63) is 65.7 Å². The lowest BCUT2D eigenvalue weighted by molar-refractivity contribution is -0.128. The summed E-state index contributed by atoms with van der Waals surface area (Å²) in [6.45, 7) is 16.5. The zero-order chi connectivity index (χ0) is 21.1. The number of phenolic OH excluding ortho intramolecular Hbond substituents is 1. The minimum atomic E-state index is -0.562. The Morgan fingerprint density at radius 2 is 1.57 bits per heavy atom. The molecule has 0 bridgehead atoms. The number of rotatable bonds is 7. The molecule has 0 radical (unpaired) electrons. The predicted molar refractivity (Wildman–Crippen MR) is 116 cm³/mol. The molecule has 2 rings (SSSR count). The maximum Gasteiger partial charge on any atom is 0.343 e. The zero-order valence-electron chi connectivity index (χ0n) is 17.9. The summed E-state index contributed by atoms with van der Waals surface area (Å²) in [6, 6.07) is 13.0. The smallest absolute Gasteiger partial charge is 0.343 e. The van der Waals surface area contributed by atoms with Gasteiger partial charge in [-0.2, -0.15) is 0 Å². The van der Waals surface area contributed by atoms with Crippen LogP contribution in [0.3, 0.4) is 0 Å². The molecular weight excluding hydrogens is 348 g/mol. The van der Waals surface area contributed by atoms with Crippen molar-refractivity contribution in [3.63, 3.8) is 0 Å². The molecule has 2 aromatic rings. The summed E-state index contributed by atoms with van der Waals surface area (Å²) in [6.07, 6.45) is 1.77. The van der Waals surface area contributed by atoms with Crippen molar-refractivity contribution in [3.8, 4) is 11.5 Å². The summed E-state index contributed by atoms with van der Waals surface area (Å²) in [4.78, 5) is 12.7. The minimum absolute atomic E-state index is 0.0247. The van der Waals surface area contributed by atoms with Gasteiger partial charge in [0.25, 0.3) is 0 Å². The van der Waals surface area contributed by atoms with Crippen LogP contribution in [0.5, 0.6) is 11.5 Å². The van der Waals surface area contributed by atoms with Crippen LogP contribution in [0.25, 0.3) is 5.57 Å². The van der Waals surface area contributed by atoms with Crippen molar-refractivity contribution in [2.45, 2.75) is 65.2 Å². The highest BCUT2D eigenvalue weighted by atomic mass is 16.5. The third kappa shape index (κ3) is 4.46. The van der Waals surface area contributed by atoms with E-state index in [1.807, 2.05) is 36.4 Å². The summed E-state index contributed by atoms with van der Waals surface area (Å²) in [5.41, 5.74) is 2.44. The number of carbonyl (C=O) groups excluding carboxylic acids is 1. The standard InChI is InChI=1S/C25H32O3/c1-8-24(4,5)19-15-20(25(6,7)9-2)22(26)21(16-19)28-23(27)17(3)18-13-11-10-12-14-18/h10-16,26H,3,8-9H2,1-2,4-7H3. The van der Waals surface area contributed by atoms with Gasteiger partial charge in [-0.25, -0.2) is 4.79 Å². The van der Waals surface area contributed by atoms with Crippen molar-refractivity contribution in [2.75, 3.05) is 0 Å². The second-order valence-corrected chi connectivity index (χ2v) is 8.58. The lowest BCUT2D eigenvalue weighted by Crippen LogP contribution is -2.21. The second kappa shape index (κ2) is 8.22. The fourth-order valence-corrected chi connectivity index (χ4v) is 2.91. The average molecular weight is 381 g/mol. The molecule has 3 nitrogen and oxygen atoms in total. The predicted octanol–water partition coefficient (Wildman–Crippen LogP) is 6.39. The first-order chi connectivity index (χ1) is 13.0. The quantitative estimate of drug-likeness (QED) is 0.344. The number of hydrogen-bond acceptors (Lipinski definition) is 3. The van der Waals surface area contributed by atoms with Gasteiger partial charge in [0.2, 0.25) is 0 Å². The molecular formula is C25H32O3. The molecule has 0 fully saturated rings. The summed E-state index contributed by atoms with van der Waals surface area (Å²) >= 11 is 0. The second-order valence-electron chi connectivity index (χ2n) is 8.58. The zero-order valence-corrected chi connectivity index (χ0v) is 17.9. The maximum absolute atomic E-state index is 12.7. The minimum Gasteiger partial charge on any atom is -0.504 e. The highest BCUT2D eigenvalue weighted by Crippen LogP contribution is 2.43. The first-order valence-corrected chi connectivity index (χ1v) is 9.88. The Morgan fingerprint density at radius 3 is 2.11 bits per heavy atom. The van der Waals surface area contributed by atoms with Crippen molar-refractivity contribution in [2.24, 2.45) is 0 Å². The Bertz CT molecular complexity index is 861. The molecule has 2 aromatic carbocycles. The molecule has 0 saturated heterocycles. The van der Waals surface area contributed by atoms with Gasteiger partial charge >= 0.3 is 5.97 Å². The highest BCUT2D eigenvalue weighted by Gasteiger charge is 2.29. The Labute approximate surface area is 169 Å². The SMILES string of the molecule is C=C(C(=O)Oc1cc(C(C)(C)CC)cc(C(C)(C)CC)c1O)c1ccccc1. The van der Waals surface area contributed by atoms with E-state index in [0.717, 1.165) is 24.0 Å². The molecule has 0 amide bonds. The Morgan fingerprint density at radius 1 is 1.00 bits per heavy atom. The van der Waals surface area contributed by atoms with E-state index in [1.165, 1.54) is 0 Å². The average Bonchev–Trinajstić information content (AvgIpc) is 2.69. The third-order valence-corrected chi connectivity index (χ3v) is 5.92. The van der Waals surface area contributed by atoms with E-state index >= 15 is 0 Å². The monoisotopic (exact) mass is 380 g/mol. The molecule has 1 N–H and O–H groups in total. The van der Waals surface area contributed by atoms with Gasteiger partial charge in [-0.15, -0.1) is 0 Å². The van der Waals surface area contributed by atoms with Crippen LogP contribution in [0.1, 0.15) is 71.1 Å². The third-order valence-electron chi connectivity index (χ3n) is 5.92. The molecule has 28 heavy (non-hydrogen) atoms. The number of phenols is 1. The normalized spacial score (nSPS) is 11.9. The largest absolute Gasteiger partial charge is 0.504 e. The molecule has 0 atom stereocenters. The number of hydrogen-bond donors (Lipinski definition) is 1. The van der Waals surface area contributed by atoms with E-state index < -0.39 is 5.97 Å². The molecule has 0 aromatic heterocycles. The number of ether oxygens (including phenoxy) is 1. The lowest BCUT2D eigenvalue weighted by Gasteiger charge is -2.30. The molecule has 0 heterocycles. The summed E-state index contributed by atoms with van der Waals surface area (Å²) < 4.78 is 5.63. The van der Waals surface area contributed by atoms with Crippen molar-refractivity contribution in [1.82, 2.24) is 0 Å². The highest BCUT2D eigenvalue weighted by molar-refractivity contribution is 6.16. The van der Waals surface area contributed by atoms with Crippen LogP contribution in [0.2, 0.25) is 0 Å². The Hall–Kier alpha value is -2.55. The van der Waals surface area contributed by atoms with Gasteiger partial charge in [0.1, 0.15) is 0 Å². The summed E-state index contributed by atoms with van der Waals surface area (Å²) in [5, 5.41) is 10.9. The van der Waals surface area contributed by atoms with E-state index in [0.29, 0.717) is 5.56 Å². The fraction of sp³-hybridized carbons (Fsp3) is 0.400. The summed E-state index contributed by atoms with van der Waals surface area (Å²) in [7, 11) is 0. The number of esters is 1. The molecule has 0 aliphatic carbocycles. The van der Waals surface area contributed by atoms with Crippen LogP contribution in [-0.2, 0) is 15.6 Å². The maximum atomic E-state index is 12.7. The molecule has 3 heteroatoms. The first-order valence-electron chi connectivity index (χ1n) is 9.88. The first kappa shape index (κ1) is 21.7. The van der Waals surface area contributed by atoms with Crippen molar-refractivity contribution in [1.29, 1.82) is 0 Å². The Balaban J connectivity index is 2.50. The number of aromatic hydroxyl groups is 1. The lowest BCUT2D eigenvalue weighted by atomic mass is 9.76. The molecule has 0 aliphatic rings. The van der Waals surface area contributed by atoms with Gasteiger partial charge in [-0.3, -0.25) is 0 Å². The fourth-order valence-electron chi connectivity index (χ4n) is 2.91. The molecule has 0 saturated carbocycles. The van der Waals surface area contributed by atoms with Crippen LogP contribution >= 0.6 is 0 Å². The van der Waals surface area contributed by atoms with Crippen LogP contribution in [-0.4, -0.2) is 11.1 Å². The molecule has 0 spiro atoms. The molecule has 0 unspecified atom stereocenters. The number of benzene rings is 2. The van der Waals surface area contributed by atoms with Gasteiger partial charge in [-0.05, 0) is 40.9 Å². The van der Waals surface area contributed by atoms with E-state index in [9.17, 15) is 9.90 Å². The van der Waals surface area contributed by atoms with E-state index in [4.69, 9.17) is 4.74 Å². The van der Waals surface area contributed by atoms with E-state index in [2.05, 4.69) is 48.1 Å². The van der Waals surface area contributed by atoms with Gasteiger partial charge in [0.05, 0.1) is 5.57 Å². The van der Waals surface area contributed by atoms with E-state index in [-0.39, 0.29) is 27.9 Å². The van der Waals surface area contributed by atoms with Crippen LogP contribution < -0.4 is 4.74 Å². The number of carbonyl (C=O) groups is 1. The molecule has 150 valence electrons. The van der Waals surface area contributed by atoms with Crippen LogP contribution in [0.4, 0.5) is 0 Å². The van der Waals surface area contributed by atoms with Gasteiger partial charge in [0, 0.05) is 5.56 Å². The van der Waals surface area contributed by atoms with Gasteiger partial charge in [0.15, 0.2) is 11.5 Å². The van der Waals surface area contributed by atoms with Crippen molar-refractivity contribution < 1.29 is 14.6 Å². The Kier molecular flexibility index (Phi) is 6.38. The molecule has 0 aliphatic heterocycles. The van der Waals surface area contributed by atoms with Gasteiger partial charge in [-0.1, -0.05) is 84.5 Å². The van der Waals surface area contributed by atoms with Crippen LogP contribution in [0.15, 0.2) is 49.0 Å².